The third-order valence-electron chi connectivity index (χ3n) is 7.70. The van der Waals surface area contributed by atoms with Gasteiger partial charge in [-0.2, -0.15) is 0 Å². The Kier molecular flexibility index (Phi) is 5.60. The first-order valence-corrected chi connectivity index (χ1v) is 13.4. The summed E-state index contributed by atoms with van der Waals surface area (Å²) in [5.74, 6) is 0.949. The molecule has 1 aromatic heterocycles. The number of hydrogen-bond acceptors (Lipinski definition) is 1. The summed E-state index contributed by atoms with van der Waals surface area (Å²) in [7, 11) is 0. The van der Waals surface area contributed by atoms with Crippen LogP contribution in [0, 0.1) is 6.92 Å². The third-order valence-corrected chi connectivity index (χ3v) is 7.70. The molecule has 0 radical (unpaired) electrons. The predicted molar refractivity (Wildman–Crippen MR) is 166 cm³/mol. The van der Waals surface area contributed by atoms with Crippen molar-refractivity contribution in [3.8, 4) is 28.2 Å². The van der Waals surface area contributed by atoms with Crippen LogP contribution in [-0.2, 0) is 0 Å². The number of para-hydroxylation sites is 3. The summed E-state index contributed by atoms with van der Waals surface area (Å²) in [6, 6.07) is 43.3. The van der Waals surface area contributed by atoms with Gasteiger partial charge in [-0.05, 0) is 88.0 Å². The third kappa shape index (κ3) is 3.84. The second kappa shape index (κ2) is 9.41. The van der Waals surface area contributed by atoms with Crippen molar-refractivity contribution >= 4 is 38.7 Å². The van der Waals surface area contributed by atoms with E-state index in [1.807, 2.05) is 12.1 Å². The van der Waals surface area contributed by atoms with Crippen molar-refractivity contribution < 1.29 is 0 Å². The van der Waals surface area contributed by atoms with Crippen molar-refractivity contribution in [1.82, 2.24) is 9.55 Å². The van der Waals surface area contributed by atoms with Gasteiger partial charge in [-0.25, -0.2) is 4.98 Å². The van der Waals surface area contributed by atoms with E-state index in [0.29, 0.717) is 0 Å². The quantitative estimate of drug-likeness (QED) is 0.220. The van der Waals surface area contributed by atoms with Crippen LogP contribution >= 0.6 is 0 Å². The molecule has 0 aliphatic carbocycles. The molecule has 0 atom stereocenters. The Hall–Kier alpha value is -4.95. The molecule has 2 heteroatoms. The van der Waals surface area contributed by atoms with Gasteiger partial charge in [-0.1, -0.05) is 103 Å². The smallest absolute Gasteiger partial charge is 0.145 e. The molecule has 0 amide bonds. The van der Waals surface area contributed by atoms with Crippen LogP contribution in [0.3, 0.4) is 0 Å². The van der Waals surface area contributed by atoms with E-state index in [1.54, 1.807) is 0 Å². The first-order valence-electron chi connectivity index (χ1n) is 13.4. The van der Waals surface area contributed by atoms with Crippen LogP contribution in [0.5, 0.6) is 0 Å². The molecule has 186 valence electrons. The zero-order chi connectivity index (χ0) is 26.3. The molecule has 0 unspecified atom stereocenters. The van der Waals surface area contributed by atoms with Gasteiger partial charge in [0.2, 0.25) is 0 Å². The van der Waals surface area contributed by atoms with E-state index in [-0.39, 0.29) is 0 Å². The van der Waals surface area contributed by atoms with Crippen LogP contribution in [0.25, 0.3) is 66.9 Å². The summed E-state index contributed by atoms with van der Waals surface area (Å²) in [5, 5.41) is 5.17. The maximum Gasteiger partial charge on any atom is 0.145 e. The minimum Gasteiger partial charge on any atom is -0.292 e. The van der Waals surface area contributed by atoms with Crippen molar-refractivity contribution in [3.05, 3.63) is 139 Å². The van der Waals surface area contributed by atoms with Crippen molar-refractivity contribution in [3.63, 3.8) is 0 Å². The van der Waals surface area contributed by atoms with Crippen LogP contribution in [0.1, 0.15) is 18.1 Å². The Morgan fingerprint density at radius 3 is 2.15 bits per heavy atom. The molecule has 7 rings (SSSR count). The Balaban J connectivity index is 1.40. The number of rotatable bonds is 4. The van der Waals surface area contributed by atoms with Gasteiger partial charge in [-0.3, -0.25) is 4.57 Å². The molecule has 0 aliphatic rings. The first kappa shape index (κ1) is 23.2. The highest BCUT2D eigenvalue weighted by atomic mass is 15.1. The molecule has 0 N–H and O–H groups in total. The fraction of sp³-hybridized carbons (Fsp3) is 0.0541. The molecule has 2 nitrogen and oxygen atoms in total. The van der Waals surface area contributed by atoms with Crippen LogP contribution in [0.15, 0.2) is 127 Å². The van der Waals surface area contributed by atoms with E-state index in [4.69, 9.17) is 4.98 Å². The molecule has 0 aliphatic heterocycles. The number of imidazole rings is 1. The van der Waals surface area contributed by atoms with E-state index >= 15 is 0 Å². The molecular formula is C37H28N2. The largest absolute Gasteiger partial charge is 0.292 e. The van der Waals surface area contributed by atoms with Gasteiger partial charge in [0.25, 0.3) is 0 Å². The molecule has 0 saturated carbocycles. The number of benzene rings is 6. The molecule has 0 spiro atoms. The van der Waals surface area contributed by atoms with Crippen LogP contribution < -0.4 is 0 Å². The highest BCUT2D eigenvalue weighted by Crippen LogP contribution is 2.38. The van der Waals surface area contributed by atoms with Crippen molar-refractivity contribution in [2.75, 3.05) is 0 Å². The van der Waals surface area contributed by atoms with Gasteiger partial charge in [0.1, 0.15) is 5.82 Å². The monoisotopic (exact) mass is 500 g/mol. The summed E-state index contributed by atoms with van der Waals surface area (Å²) in [4.78, 5) is 5.04. The summed E-state index contributed by atoms with van der Waals surface area (Å²) in [5.41, 5.74) is 9.35. The Morgan fingerprint density at radius 2 is 1.36 bits per heavy atom. The summed E-state index contributed by atoms with van der Waals surface area (Å²) < 4.78 is 2.25. The highest BCUT2D eigenvalue weighted by Gasteiger charge is 2.15. The number of aryl methyl sites for hydroxylation is 1. The van der Waals surface area contributed by atoms with Gasteiger partial charge >= 0.3 is 0 Å². The molecular weight excluding hydrogens is 472 g/mol. The standard InChI is InChI=1S/C37H28N2/c1-3-11-26-18-23-29-24-33(31-14-7-8-15-32(31)36(29)25(26)2)27-19-21-28(22-20-27)37-38-34-16-9-10-17-35(34)39(37)30-12-5-4-6-13-30/h3-24H,1-2H3. The zero-order valence-electron chi connectivity index (χ0n) is 22.1. The van der Waals surface area contributed by atoms with Crippen LogP contribution in [-0.4, -0.2) is 9.55 Å². The topological polar surface area (TPSA) is 17.8 Å². The lowest BCUT2D eigenvalue weighted by Gasteiger charge is -2.15. The number of fused-ring (bicyclic) bond motifs is 4. The highest BCUT2D eigenvalue weighted by molar-refractivity contribution is 6.15. The van der Waals surface area contributed by atoms with Gasteiger partial charge in [0.05, 0.1) is 11.0 Å². The Bertz CT molecular complexity index is 2010. The molecule has 6 aromatic carbocycles. The van der Waals surface area contributed by atoms with Crippen molar-refractivity contribution in [2.24, 2.45) is 0 Å². The fourth-order valence-corrected chi connectivity index (χ4v) is 5.85. The number of aromatic nitrogens is 2. The van der Waals surface area contributed by atoms with E-state index in [1.165, 1.54) is 43.8 Å². The lowest BCUT2D eigenvalue weighted by atomic mass is 9.89. The van der Waals surface area contributed by atoms with Crippen molar-refractivity contribution in [2.45, 2.75) is 13.8 Å². The molecule has 39 heavy (non-hydrogen) atoms. The normalized spacial score (nSPS) is 11.7. The maximum atomic E-state index is 5.04. The molecule has 7 aromatic rings. The molecule has 0 fully saturated rings. The van der Waals surface area contributed by atoms with Gasteiger partial charge in [0, 0.05) is 11.3 Å². The number of allylic oxidation sites excluding steroid dienone is 1. The maximum absolute atomic E-state index is 5.04. The van der Waals surface area contributed by atoms with Crippen LogP contribution in [0.2, 0.25) is 0 Å². The minimum atomic E-state index is 0.949. The summed E-state index contributed by atoms with van der Waals surface area (Å²) >= 11 is 0. The van der Waals surface area contributed by atoms with Gasteiger partial charge in [-0.15, -0.1) is 0 Å². The van der Waals surface area contributed by atoms with E-state index in [0.717, 1.165) is 28.1 Å². The van der Waals surface area contributed by atoms with E-state index in [9.17, 15) is 0 Å². The van der Waals surface area contributed by atoms with E-state index < -0.39 is 0 Å². The Labute approximate surface area is 228 Å². The molecule has 0 bridgehead atoms. The number of hydrogen-bond donors (Lipinski definition) is 0. The number of nitrogens with zero attached hydrogens (tertiary/aromatic N) is 2. The second-order valence-corrected chi connectivity index (χ2v) is 10.0. The molecule has 0 saturated heterocycles. The average Bonchev–Trinajstić information content (AvgIpc) is 3.38. The van der Waals surface area contributed by atoms with Crippen molar-refractivity contribution in [1.29, 1.82) is 0 Å². The van der Waals surface area contributed by atoms with E-state index in [2.05, 4.69) is 140 Å². The average molecular weight is 501 g/mol. The SMILES string of the molecule is CC=Cc1ccc2cc(-c3ccc(-c4nc5ccccc5n4-c4ccccc4)cc3)c3ccccc3c2c1C. The lowest BCUT2D eigenvalue weighted by molar-refractivity contribution is 1.10. The van der Waals surface area contributed by atoms with Gasteiger partial charge < -0.3 is 0 Å². The lowest BCUT2D eigenvalue weighted by Crippen LogP contribution is -1.97. The van der Waals surface area contributed by atoms with Gasteiger partial charge in [0.15, 0.2) is 0 Å². The second-order valence-electron chi connectivity index (χ2n) is 10.0. The molecule has 1 heterocycles. The predicted octanol–water partition coefficient (Wildman–Crippen LogP) is 10.0. The Morgan fingerprint density at radius 1 is 0.667 bits per heavy atom. The summed E-state index contributed by atoms with van der Waals surface area (Å²) in [6.45, 7) is 4.31. The summed E-state index contributed by atoms with van der Waals surface area (Å²) in [6.07, 6.45) is 4.30. The van der Waals surface area contributed by atoms with Crippen LogP contribution in [0.4, 0.5) is 0 Å². The fourth-order valence-electron chi connectivity index (χ4n) is 5.85. The zero-order valence-corrected chi connectivity index (χ0v) is 22.1. The first-order chi connectivity index (χ1) is 19.2. The minimum absolute atomic E-state index is 0.949.